The van der Waals surface area contributed by atoms with Crippen molar-refractivity contribution in [1.82, 2.24) is 0 Å². The maximum absolute atomic E-state index is 14.3. The SMILES string of the molecule is O=C(c1c[c]ccc1)c1ccc(F)c(F)c1Nc1ccc(I)cc1F. The van der Waals surface area contributed by atoms with E-state index in [1.807, 2.05) is 22.6 Å². The van der Waals surface area contributed by atoms with Crippen molar-refractivity contribution in [2.75, 3.05) is 5.32 Å². The quantitative estimate of drug-likeness (QED) is 0.420. The summed E-state index contributed by atoms with van der Waals surface area (Å²) in [6, 6.07) is 15.2. The molecule has 6 heteroatoms. The van der Waals surface area contributed by atoms with Gasteiger partial charge in [-0.15, -0.1) is 0 Å². The number of ketones is 1. The summed E-state index contributed by atoms with van der Waals surface area (Å²) in [5.41, 5.74) is -0.302. The van der Waals surface area contributed by atoms with E-state index in [2.05, 4.69) is 11.4 Å². The first-order valence-corrected chi connectivity index (χ1v) is 8.26. The van der Waals surface area contributed by atoms with E-state index in [9.17, 15) is 18.0 Å². The maximum Gasteiger partial charge on any atom is 0.195 e. The average Bonchev–Trinajstić information content (AvgIpc) is 2.61. The van der Waals surface area contributed by atoms with Crippen LogP contribution in [-0.4, -0.2) is 5.78 Å². The number of carbonyl (C=O) groups is 1. The van der Waals surface area contributed by atoms with E-state index in [0.717, 1.165) is 6.07 Å². The zero-order chi connectivity index (χ0) is 18.0. The summed E-state index contributed by atoms with van der Waals surface area (Å²) in [4.78, 5) is 12.6. The summed E-state index contributed by atoms with van der Waals surface area (Å²) in [6.07, 6.45) is 0. The molecule has 25 heavy (non-hydrogen) atoms. The molecule has 0 heterocycles. The predicted octanol–water partition coefficient (Wildman–Crippen LogP) is 5.48. The van der Waals surface area contributed by atoms with Crippen LogP contribution in [0.1, 0.15) is 15.9 Å². The van der Waals surface area contributed by atoms with Crippen LogP contribution in [0, 0.1) is 27.1 Å². The third-order valence-electron chi connectivity index (χ3n) is 3.50. The highest BCUT2D eigenvalue weighted by molar-refractivity contribution is 14.1. The van der Waals surface area contributed by atoms with Crippen LogP contribution in [0.4, 0.5) is 24.5 Å². The second-order valence-electron chi connectivity index (χ2n) is 5.15. The summed E-state index contributed by atoms with van der Waals surface area (Å²) in [5, 5.41) is 2.50. The van der Waals surface area contributed by atoms with Gasteiger partial charge in [-0.1, -0.05) is 18.2 Å². The van der Waals surface area contributed by atoms with Crippen LogP contribution in [0.15, 0.2) is 54.6 Å². The summed E-state index contributed by atoms with van der Waals surface area (Å²) >= 11 is 1.93. The number of halogens is 4. The average molecular weight is 452 g/mol. The van der Waals surface area contributed by atoms with Gasteiger partial charge in [0.25, 0.3) is 0 Å². The van der Waals surface area contributed by atoms with E-state index in [4.69, 9.17) is 0 Å². The Morgan fingerprint density at radius 2 is 1.84 bits per heavy atom. The lowest BCUT2D eigenvalue weighted by atomic mass is 10.0. The molecule has 0 aromatic heterocycles. The smallest absolute Gasteiger partial charge is 0.195 e. The Kier molecular flexibility index (Phi) is 5.08. The van der Waals surface area contributed by atoms with E-state index in [-0.39, 0.29) is 16.8 Å². The highest BCUT2D eigenvalue weighted by Crippen LogP contribution is 2.30. The first kappa shape index (κ1) is 17.5. The van der Waals surface area contributed by atoms with Crippen molar-refractivity contribution >= 4 is 39.7 Å². The molecule has 2 nitrogen and oxygen atoms in total. The van der Waals surface area contributed by atoms with Crippen LogP contribution < -0.4 is 5.32 Å². The van der Waals surface area contributed by atoms with E-state index in [1.165, 1.54) is 30.3 Å². The third-order valence-corrected chi connectivity index (χ3v) is 4.17. The molecule has 0 aliphatic heterocycles. The first-order valence-electron chi connectivity index (χ1n) is 7.18. The van der Waals surface area contributed by atoms with Gasteiger partial charge < -0.3 is 5.32 Å². The Balaban J connectivity index is 2.09. The molecular formula is C19H10F3INO. The molecule has 0 spiro atoms. The van der Waals surface area contributed by atoms with Crippen LogP contribution >= 0.6 is 22.6 Å². The van der Waals surface area contributed by atoms with Gasteiger partial charge in [0.05, 0.1) is 11.4 Å². The van der Waals surface area contributed by atoms with Gasteiger partial charge in [-0.25, -0.2) is 13.2 Å². The second-order valence-corrected chi connectivity index (χ2v) is 6.40. The molecule has 1 radical (unpaired) electrons. The zero-order valence-electron chi connectivity index (χ0n) is 12.6. The standard InChI is InChI=1S/C19H10F3INO/c20-14-8-7-13(19(25)11-4-2-1-3-5-11)18(17(14)22)24-16-9-6-12(23)10-15(16)21/h1-2,4-10,24H. The number of benzene rings is 3. The Hall–Kier alpha value is -2.35. The Bertz CT molecular complexity index is 945. The van der Waals surface area contributed by atoms with E-state index in [0.29, 0.717) is 3.57 Å². The zero-order valence-corrected chi connectivity index (χ0v) is 14.8. The molecule has 125 valence electrons. The van der Waals surface area contributed by atoms with Crippen LogP contribution in [0.3, 0.4) is 0 Å². The minimum atomic E-state index is -1.25. The van der Waals surface area contributed by atoms with Crippen molar-refractivity contribution < 1.29 is 18.0 Å². The number of nitrogens with one attached hydrogen (secondary N) is 1. The van der Waals surface area contributed by atoms with Gasteiger partial charge in [-0.05, 0) is 65.1 Å². The largest absolute Gasteiger partial charge is 0.350 e. The Morgan fingerprint density at radius 1 is 1.04 bits per heavy atom. The molecule has 3 aromatic carbocycles. The van der Waals surface area contributed by atoms with Crippen molar-refractivity contribution in [1.29, 1.82) is 0 Å². The Labute approximate surface area is 155 Å². The fourth-order valence-electron chi connectivity index (χ4n) is 2.28. The van der Waals surface area contributed by atoms with Crippen LogP contribution in [-0.2, 0) is 0 Å². The van der Waals surface area contributed by atoms with Crippen molar-refractivity contribution in [3.05, 3.63) is 92.8 Å². The third kappa shape index (κ3) is 3.68. The molecule has 0 aliphatic rings. The van der Waals surface area contributed by atoms with Gasteiger partial charge in [0, 0.05) is 14.7 Å². The highest BCUT2D eigenvalue weighted by atomic mass is 127. The minimum Gasteiger partial charge on any atom is -0.350 e. The minimum absolute atomic E-state index is 0.0569. The number of hydrogen-bond donors (Lipinski definition) is 1. The molecule has 0 fully saturated rings. The lowest BCUT2D eigenvalue weighted by molar-refractivity contribution is 0.103. The van der Waals surface area contributed by atoms with E-state index < -0.39 is 28.9 Å². The monoisotopic (exact) mass is 452 g/mol. The lowest BCUT2D eigenvalue weighted by Gasteiger charge is -2.14. The molecule has 0 saturated heterocycles. The lowest BCUT2D eigenvalue weighted by Crippen LogP contribution is -2.09. The highest BCUT2D eigenvalue weighted by Gasteiger charge is 2.21. The molecule has 0 aliphatic carbocycles. The van der Waals surface area contributed by atoms with Crippen LogP contribution in [0.2, 0.25) is 0 Å². The van der Waals surface area contributed by atoms with Crippen molar-refractivity contribution in [3.8, 4) is 0 Å². The van der Waals surface area contributed by atoms with Crippen molar-refractivity contribution in [2.45, 2.75) is 0 Å². The van der Waals surface area contributed by atoms with Gasteiger partial charge in [0.1, 0.15) is 5.82 Å². The van der Waals surface area contributed by atoms with E-state index >= 15 is 0 Å². The van der Waals surface area contributed by atoms with Gasteiger partial charge in [-0.2, -0.15) is 0 Å². The summed E-state index contributed by atoms with van der Waals surface area (Å²) in [6.45, 7) is 0. The fraction of sp³-hybridized carbons (Fsp3) is 0. The van der Waals surface area contributed by atoms with Gasteiger partial charge in [-0.3, -0.25) is 4.79 Å². The summed E-state index contributed by atoms with van der Waals surface area (Å²) < 4.78 is 42.7. The van der Waals surface area contributed by atoms with Gasteiger partial charge in [0.15, 0.2) is 17.4 Å². The van der Waals surface area contributed by atoms with Gasteiger partial charge >= 0.3 is 0 Å². The molecule has 0 atom stereocenters. The molecule has 3 aromatic rings. The van der Waals surface area contributed by atoms with Crippen molar-refractivity contribution in [3.63, 3.8) is 0 Å². The number of hydrogen-bond acceptors (Lipinski definition) is 2. The van der Waals surface area contributed by atoms with Gasteiger partial charge in [0.2, 0.25) is 0 Å². The number of rotatable bonds is 4. The molecule has 3 rings (SSSR count). The summed E-state index contributed by atoms with van der Waals surface area (Å²) in [5.74, 6) is -3.54. The molecule has 1 N–H and O–H groups in total. The van der Waals surface area contributed by atoms with E-state index in [1.54, 1.807) is 18.2 Å². The molecule has 0 unspecified atom stereocenters. The molecular weight excluding hydrogens is 442 g/mol. The predicted molar refractivity (Wildman–Crippen MR) is 97.5 cm³/mol. The number of carbonyl (C=O) groups excluding carboxylic acids is 1. The number of anilines is 2. The second kappa shape index (κ2) is 7.26. The normalized spacial score (nSPS) is 10.6. The van der Waals surface area contributed by atoms with Crippen LogP contribution in [0.5, 0.6) is 0 Å². The topological polar surface area (TPSA) is 29.1 Å². The molecule has 0 saturated carbocycles. The fourth-order valence-corrected chi connectivity index (χ4v) is 2.73. The Morgan fingerprint density at radius 3 is 2.52 bits per heavy atom. The molecule has 0 bridgehead atoms. The maximum atomic E-state index is 14.3. The first-order chi connectivity index (χ1) is 12.0. The molecule has 0 amide bonds. The summed E-state index contributed by atoms with van der Waals surface area (Å²) in [7, 11) is 0. The van der Waals surface area contributed by atoms with Crippen molar-refractivity contribution in [2.24, 2.45) is 0 Å². The van der Waals surface area contributed by atoms with Crippen LogP contribution in [0.25, 0.3) is 0 Å².